The smallest absolute Gasteiger partial charge is 0.105 e. The van der Waals surface area contributed by atoms with Crippen LogP contribution in [0.1, 0.15) is 47.3 Å². The minimum absolute atomic E-state index is 0.630. The number of allylic oxidation sites excluding steroid dienone is 3. The van der Waals surface area contributed by atoms with Crippen molar-refractivity contribution < 1.29 is 5.11 Å². The van der Waals surface area contributed by atoms with Gasteiger partial charge in [-0.2, -0.15) is 0 Å². The van der Waals surface area contributed by atoms with Crippen LogP contribution in [-0.4, -0.2) is 5.11 Å². The molecule has 2 aliphatic rings. The van der Waals surface area contributed by atoms with Crippen molar-refractivity contribution in [3.05, 3.63) is 107 Å². The molecule has 0 bridgehead atoms. The molecule has 3 aromatic rings. The Labute approximate surface area is 154 Å². The van der Waals surface area contributed by atoms with Gasteiger partial charge in [0, 0.05) is 5.57 Å². The van der Waals surface area contributed by atoms with Crippen LogP contribution in [0.2, 0.25) is 0 Å². The molecule has 0 spiro atoms. The first-order valence-corrected chi connectivity index (χ1v) is 9.21. The van der Waals surface area contributed by atoms with Gasteiger partial charge >= 0.3 is 0 Å². The molecule has 1 heteroatoms. The van der Waals surface area contributed by atoms with Gasteiger partial charge in [-0.25, -0.2) is 0 Å². The molecular weight excluding hydrogens is 316 g/mol. The number of hydrogen-bond donors (Lipinski definition) is 1. The lowest BCUT2D eigenvalue weighted by Gasteiger charge is -2.16. The highest BCUT2D eigenvalue weighted by Crippen LogP contribution is 2.58. The average Bonchev–Trinajstić information content (AvgIpc) is 3.21. The minimum Gasteiger partial charge on any atom is -0.384 e. The van der Waals surface area contributed by atoms with Crippen molar-refractivity contribution in [1.82, 2.24) is 0 Å². The Morgan fingerprint density at radius 3 is 1.85 bits per heavy atom. The van der Waals surface area contributed by atoms with Crippen molar-refractivity contribution in [2.45, 2.75) is 19.4 Å². The van der Waals surface area contributed by atoms with Crippen LogP contribution in [0.5, 0.6) is 0 Å². The van der Waals surface area contributed by atoms with Gasteiger partial charge in [0.1, 0.15) is 6.10 Å². The van der Waals surface area contributed by atoms with E-state index in [0.717, 1.165) is 23.1 Å². The number of rotatable bonds is 3. The third kappa shape index (κ3) is 2.01. The van der Waals surface area contributed by atoms with Crippen LogP contribution in [-0.2, 0) is 0 Å². The molecule has 1 unspecified atom stereocenters. The summed E-state index contributed by atoms with van der Waals surface area (Å²) in [6, 6.07) is 27.1. The molecule has 2 aliphatic carbocycles. The Hall–Kier alpha value is -2.90. The summed E-state index contributed by atoms with van der Waals surface area (Å²) >= 11 is 0. The van der Waals surface area contributed by atoms with Crippen LogP contribution in [0.4, 0.5) is 0 Å². The van der Waals surface area contributed by atoms with Crippen LogP contribution in [0, 0.1) is 0 Å². The number of fused-ring (bicyclic) bond motifs is 5. The van der Waals surface area contributed by atoms with Crippen LogP contribution in [0.15, 0.2) is 78.9 Å². The molecule has 3 aromatic carbocycles. The van der Waals surface area contributed by atoms with Gasteiger partial charge < -0.3 is 5.11 Å². The van der Waals surface area contributed by atoms with E-state index < -0.39 is 6.10 Å². The molecule has 5 rings (SSSR count). The van der Waals surface area contributed by atoms with E-state index in [0.29, 0.717) is 0 Å². The molecule has 0 saturated heterocycles. The number of aliphatic hydroxyl groups is 1. The zero-order valence-electron chi connectivity index (χ0n) is 14.7. The lowest BCUT2D eigenvalue weighted by molar-refractivity contribution is 0.239. The summed E-state index contributed by atoms with van der Waals surface area (Å²) in [6.07, 6.45) is 0.355. The van der Waals surface area contributed by atoms with E-state index in [1.54, 1.807) is 0 Å². The monoisotopic (exact) mass is 336 g/mol. The topological polar surface area (TPSA) is 20.2 Å². The van der Waals surface area contributed by atoms with E-state index in [4.69, 9.17) is 0 Å². The third-order valence-electron chi connectivity index (χ3n) is 5.57. The highest BCUT2D eigenvalue weighted by atomic mass is 16.3. The molecule has 0 fully saturated rings. The molecule has 0 heterocycles. The molecule has 1 nitrogen and oxygen atoms in total. The summed E-state index contributed by atoms with van der Waals surface area (Å²) in [6.45, 7) is 2.22. The first kappa shape index (κ1) is 15.4. The van der Waals surface area contributed by atoms with E-state index in [-0.39, 0.29) is 0 Å². The molecule has 0 saturated carbocycles. The Morgan fingerprint density at radius 2 is 1.19 bits per heavy atom. The van der Waals surface area contributed by atoms with Gasteiger partial charge in [-0.1, -0.05) is 85.8 Å². The third-order valence-corrected chi connectivity index (χ3v) is 5.57. The summed E-state index contributed by atoms with van der Waals surface area (Å²) < 4.78 is 0. The number of hydrogen-bond acceptors (Lipinski definition) is 1. The lowest BCUT2D eigenvalue weighted by atomic mass is 9.92. The quantitative estimate of drug-likeness (QED) is 0.624. The van der Waals surface area contributed by atoms with Crippen molar-refractivity contribution >= 4 is 22.3 Å². The summed E-state index contributed by atoms with van der Waals surface area (Å²) in [5, 5.41) is 11.3. The fourth-order valence-electron chi connectivity index (χ4n) is 4.49. The molecule has 126 valence electrons. The Bertz CT molecular complexity index is 1070. The molecular formula is C25H20O. The molecule has 0 amide bonds. The van der Waals surface area contributed by atoms with Crippen molar-refractivity contribution in [3.8, 4) is 0 Å². The van der Waals surface area contributed by atoms with Crippen LogP contribution < -0.4 is 0 Å². The highest BCUT2D eigenvalue weighted by Gasteiger charge is 2.37. The molecule has 0 radical (unpaired) electrons. The average molecular weight is 336 g/mol. The summed E-state index contributed by atoms with van der Waals surface area (Å²) in [7, 11) is 0. The van der Waals surface area contributed by atoms with Crippen molar-refractivity contribution in [3.63, 3.8) is 0 Å². The van der Waals surface area contributed by atoms with Gasteiger partial charge in [0.25, 0.3) is 0 Å². The first-order chi connectivity index (χ1) is 12.8. The van der Waals surface area contributed by atoms with E-state index in [2.05, 4.69) is 55.5 Å². The lowest BCUT2D eigenvalue weighted by Crippen LogP contribution is -2.01. The molecule has 26 heavy (non-hydrogen) atoms. The van der Waals surface area contributed by atoms with E-state index in [1.807, 2.05) is 30.3 Å². The second kappa shape index (κ2) is 5.82. The number of benzene rings is 3. The minimum atomic E-state index is -0.630. The molecule has 1 N–H and O–H groups in total. The summed E-state index contributed by atoms with van der Waals surface area (Å²) in [5.41, 5.74) is 10.9. The Morgan fingerprint density at radius 1 is 0.654 bits per heavy atom. The van der Waals surface area contributed by atoms with Gasteiger partial charge in [-0.05, 0) is 51.0 Å². The second-order valence-electron chi connectivity index (χ2n) is 6.90. The fraction of sp³-hybridized carbons (Fsp3) is 0.120. The fourth-order valence-corrected chi connectivity index (χ4v) is 4.49. The van der Waals surface area contributed by atoms with E-state index in [1.165, 1.54) is 33.4 Å². The van der Waals surface area contributed by atoms with Gasteiger partial charge in [0.2, 0.25) is 0 Å². The van der Waals surface area contributed by atoms with Crippen molar-refractivity contribution in [1.29, 1.82) is 0 Å². The van der Waals surface area contributed by atoms with Crippen molar-refractivity contribution in [2.75, 3.05) is 0 Å². The maximum absolute atomic E-state index is 11.3. The maximum Gasteiger partial charge on any atom is 0.105 e. The van der Waals surface area contributed by atoms with Gasteiger partial charge in [0.15, 0.2) is 0 Å². The van der Waals surface area contributed by atoms with Gasteiger partial charge in [-0.15, -0.1) is 0 Å². The molecule has 1 atom stereocenters. The molecule has 0 aromatic heterocycles. The SMILES string of the molecule is CCC1=C2C(=C(C(O)c3ccccc3)c3ccccc32)c2ccccc21. The first-order valence-electron chi connectivity index (χ1n) is 9.21. The van der Waals surface area contributed by atoms with Gasteiger partial charge in [-0.3, -0.25) is 0 Å². The summed E-state index contributed by atoms with van der Waals surface area (Å²) in [4.78, 5) is 0. The molecule has 0 aliphatic heterocycles. The normalized spacial score (nSPS) is 15.8. The van der Waals surface area contributed by atoms with Crippen molar-refractivity contribution in [2.24, 2.45) is 0 Å². The predicted octanol–water partition coefficient (Wildman–Crippen LogP) is 5.98. The van der Waals surface area contributed by atoms with E-state index >= 15 is 0 Å². The van der Waals surface area contributed by atoms with Gasteiger partial charge in [0.05, 0.1) is 0 Å². The number of aliphatic hydroxyl groups excluding tert-OH is 1. The van der Waals surface area contributed by atoms with Crippen LogP contribution >= 0.6 is 0 Å². The maximum atomic E-state index is 11.3. The standard InChI is InChI=1S/C25H20O/c1-2-17-18-12-6-7-13-19(18)23-22(17)20-14-8-9-15-21(20)24(23)25(26)16-10-4-3-5-11-16/h3-15,25-26H,2H2,1H3. The zero-order chi connectivity index (χ0) is 17.7. The van der Waals surface area contributed by atoms with Crippen LogP contribution in [0.3, 0.4) is 0 Å². The largest absolute Gasteiger partial charge is 0.384 e. The zero-order valence-corrected chi connectivity index (χ0v) is 14.7. The van der Waals surface area contributed by atoms with E-state index in [9.17, 15) is 5.11 Å². The second-order valence-corrected chi connectivity index (χ2v) is 6.90. The summed E-state index contributed by atoms with van der Waals surface area (Å²) in [5.74, 6) is 0. The Balaban J connectivity index is 1.85. The highest BCUT2D eigenvalue weighted by molar-refractivity contribution is 6.32. The van der Waals surface area contributed by atoms with Crippen LogP contribution in [0.25, 0.3) is 22.3 Å². The Kier molecular flexibility index (Phi) is 3.44. The predicted molar refractivity (Wildman–Crippen MR) is 108 cm³/mol.